The third kappa shape index (κ3) is 7.70. The fourth-order valence-corrected chi connectivity index (χ4v) is 10.6. The molecular formula is C63H52N4O. The van der Waals surface area contributed by atoms with Crippen LogP contribution in [0.2, 0.25) is 0 Å². The van der Waals surface area contributed by atoms with Crippen molar-refractivity contribution in [3.63, 3.8) is 0 Å². The maximum atomic E-state index is 6.58. The highest BCUT2D eigenvalue weighted by atomic mass is 16.3. The van der Waals surface area contributed by atoms with E-state index in [0.717, 1.165) is 56.0 Å². The van der Waals surface area contributed by atoms with E-state index in [1.54, 1.807) is 0 Å². The third-order valence-corrected chi connectivity index (χ3v) is 13.9. The van der Waals surface area contributed by atoms with Crippen LogP contribution in [0.15, 0.2) is 225 Å². The van der Waals surface area contributed by atoms with Gasteiger partial charge in [-0.15, -0.1) is 0 Å². The number of amidine groups is 2. The molecule has 3 aliphatic carbocycles. The van der Waals surface area contributed by atoms with Crippen LogP contribution in [0.3, 0.4) is 0 Å². The Morgan fingerprint density at radius 1 is 0.779 bits per heavy atom. The van der Waals surface area contributed by atoms with E-state index in [9.17, 15) is 0 Å². The van der Waals surface area contributed by atoms with Gasteiger partial charge < -0.3 is 9.32 Å². The number of benzene rings is 7. The Balaban J connectivity index is 1.04. The smallest absolute Gasteiger partial charge is 0.160 e. The van der Waals surface area contributed by atoms with Crippen molar-refractivity contribution in [1.82, 2.24) is 0 Å². The molecule has 1 heterocycles. The van der Waals surface area contributed by atoms with Crippen molar-refractivity contribution in [3.8, 4) is 22.3 Å². The van der Waals surface area contributed by atoms with Crippen LogP contribution in [-0.4, -0.2) is 24.4 Å². The zero-order valence-electron chi connectivity index (χ0n) is 38.7. The molecule has 11 rings (SSSR count). The van der Waals surface area contributed by atoms with Gasteiger partial charge in [0.1, 0.15) is 11.0 Å². The Kier molecular flexibility index (Phi) is 11.2. The van der Waals surface area contributed by atoms with E-state index in [1.807, 2.05) is 79.8 Å². The number of hydrogen-bond donors (Lipinski definition) is 0. The van der Waals surface area contributed by atoms with Gasteiger partial charge >= 0.3 is 0 Å². The van der Waals surface area contributed by atoms with E-state index in [0.29, 0.717) is 18.2 Å². The van der Waals surface area contributed by atoms with Gasteiger partial charge in [-0.1, -0.05) is 189 Å². The zero-order chi connectivity index (χ0) is 46.2. The molecule has 0 saturated carbocycles. The zero-order valence-corrected chi connectivity index (χ0v) is 38.7. The quantitative estimate of drug-likeness (QED) is 0.107. The first-order valence-electron chi connectivity index (χ1n) is 23.5. The molecule has 1 aromatic heterocycles. The van der Waals surface area contributed by atoms with Crippen LogP contribution in [-0.2, 0) is 18.4 Å². The summed E-state index contributed by atoms with van der Waals surface area (Å²) in [5.41, 5.74) is 17.6. The number of fused-ring (bicyclic) bond motifs is 7. The van der Waals surface area contributed by atoms with Crippen molar-refractivity contribution >= 4 is 52.9 Å². The van der Waals surface area contributed by atoms with Gasteiger partial charge in [0.25, 0.3) is 0 Å². The summed E-state index contributed by atoms with van der Waals surface area (Å²) in [7, 11) is 0. The second-order valence-corrected chi connectivity index (χ2v) is 18.3. The van der Waals surface area contributed by atoms with Gasteiger partial charge in [0.05, 0.1) is 12.6 Å². The van der Waals surface area contributed by atoms with Gasteiger partial charge in [-0.3, -0.25) is 4.99 Å². The molecule has 7 aromatic carbocycles. The maximum Gasteiger partial charge on any atom is 0.160 e. The summed E-state index contributed by atoms with van der Waals surface area (Å²) in [6, 6.07) is 60.7. The predicted octanol–water partition coefficient (Wildman–Crippen LogP) is 13.6. The molecule has 8 aromatic rings. The number of aliphatic imine (C=N–C) groups is 3. The number of allylic oxidation sites excluding steroid dienone is 4. The van der Waals surface area contributed by atoms with Crippen molar-refractivity contribution in [1.29, 1.82) is 0 Å². The minimum Gasteiger partial charge on any atom is -0.456 e. The molecule has 2 atom stereocenters. The number of anilines is 2. The van der Waals surface area contributed by atoms with E-state index in [1.165, 1.54) is 44.6 Å². The summed E-state index contributed by atoms with van der Waals surface area (Å²) in [4.78, 5) is 17.0. The van der Waals surface area contributed by atoms with Gasteiger partial charge in [-0.2, -0.15) is 0 Å². The molecule has 2 unspecified atom stereocenters. The first kappa shape index (κ1) is 42.5. The molecule has 0 fully saturated rings. The highest BCUT2D eigenvalue weighted by molar-refractivity contribution is 6.18. The average molecular weight is 881 g/mol. The topological polar surface area (TPSA) is 53.5 Å². The van der Waals surface area contributed by atoms with Gasteiger partial charge in [0.15, 0.2) is 11.7 Å². The molecule has 0 amide bonds. The second kappa shape index (κ2) is 17.9. The van der Waals surface area contributed by atoms with Crippen LogP contribution in [0.5, 0.6) is 0 Å². The van der Waals surface area contributed by atoms with Crippen molar-refractivity contribution < 1.29 is 4.42 Å². The Hall–Kier alpha value is -8.15. The standard InChI is InChI=1S/C63H52N4O/c1-5-6-31-57-52(40-59(65-41-42-19-9-7-10-20-42)66-62(64-4)44-21-11-8-12-22-44)51-39-45(34-37-58(51)68-57)43-32-35-48(36-33-43)67(55-29-17-24-47-38-46-23-13-14-25-49(46)60(47)55)56-30-18-28-54-61(56)50-26-15-16-27-53(50)63(54,2)3/h5-37,39-40,55,60H,4,38,41H2,1-3H3/b6-5-,52-40?,57-31+,65-59?,66-62?. The van der Waals surface area contributed by atoms with Crippen molar-refractivity contribution in [2.75, 3.05) is 4.90 Å². The lowest BCUT2D eigenvalue weighted by Crippen LogP contribution is -2.36. The minimum atomic E-state index is -0.120. The molecule has 0 bridgehead atoms. The molecular weight excluding hydrogens is 829 g/mol. The lowest BCUT2D eigenvalue weighted by atomic mass is 9.82. The summed E-state index contributed by atoms with van der Waals surface area (Å²) in [6.07, 6.45) is 16.0. The third-order valence-electron chi connectivity index (χ3n) is 13.9. The molecule has 0 radical (unpaired) electrons. The number of rotatable bonds is 9. The highest BCUT2D eigenvalue weighted by Gasteiger charge is 2.41. The predicted molar refractivity (Wildman–Crippen MR) is 285 cm³/mol. The van der Waals surface area contributed by atoms with Crippen molar-refractivity contribution in [3.05, 3.63) is 250 Å². The van der Waals surface area contributed by atoms with Crippen molar-refractivity contribution in [2.24, 2.45) is 15.0 Å². The van der Waals surface area contributed by atoms with E-state index in [4.69, 9.17) is 14.4 Å². The Labute approximate surface area is 398 Å². The van der Waals surface area contributed by atoms with Gasteiger partial charge in [-0.25, -0.2) is 9.98 Å². The second-order valence-electron chi connectivity index (χ2n) is 18.3. The molecule has 5 heteroatoms. The van der Waals surface area contributed by atoms with Crippen molar-refractivity contribution in [2.45, 2.75) is 51.1 Å². The molecule has 0 aliphatic heterocycles. The number of furan rings is 1. The van der Waals surface area contributed by atoms with E-state index in [2.05, 4.69) is 170 Å². The van der Waals surface area contributed by atoms with Gasteiger partial charge in [-0.05, 0) is 107 Å². The first-order valence-corrected chi connectivity index (χ1v) is 23.5. The molecule has 68 heavy (non-hydrogen) atoms. The Bertz CT molecular complexity index is 3510. The minimum absolute atomic E-state index is 0.0678. The lowest BCUT2D eigenvalue weighted by molar-refractivity contribution is 0.576. The highest BCUT2D eigenvalue weighted by Crippen LogP contribution is 2.55. The summed E-state index contributed by atoms with van der Waals surface area (Å²) >= 11 is 0. The van der Waals surface area contributed by atoms with Crippen LogP contribution in [0.1, 0.15) is 60.1 Å². The van der Waals surface area contributed by atoms with E-state index >= 15 is 0 Å². The summed E-state index contributed by atoms with van der Waals surface area (Å²) in [5, 5.41) is 1.85. The van der Waals surface area contributed by atoms with Crippen LogP contribution in [0, 0.1) is 0 Å². The normalized spacial score (nSPS) is 17.5. The summed E-state index contributed by atoms with van der Waals surface area (Å²) < 4.78 is 6.58. The Morgan fingerprint density at radius 3 is 2.32 bits per heavy atom. The van der Waals surface area contributed by atoms with Crippen LogP contribution in [0.4, 0.5) is 11.4 Å². The van der Waals surface area contributed by atoms with Crippen LogP contribution < -0.4 is 15.5 Å². The fourth-order valence-electron chi connectivity index (χ4n) is 10.6. The summed E-state index contributed by atoms with van der Waals surface area (Å²) in [6.45, 7) is 11.1. The van der Waals surface area contributed by atoms with E-state index < -0.39 is 0 Å². The average Bonchev–Trinajstić information content (AvgIpc) is 4.02. The van der Waals surface area contributed by atoms with Crippen LogP contribution >= 0.6 is 0 Å². The molecule has 3 aliphatic rings. The molecule has 5 nitrogen and oxygen atoms in total. The number of hydrogen-bond acceptors (Lipinski definition) is 3. The fraction of sp³-hybridized carbons (Fsp3) is 0.127. The first-order chi connectivity index (χ1) is 33.4. The van der Waals surface area contributed by atoms with E-state index in [-0.39, 0.29) is 17.4 Å². The molecule has 0 N–H and O–H groups in total. The lowest BCUT2D eigenvalue weighted by Gasteiger charge is -2.39. The molecule has 0 saturated heterocycles. The largest absolute Gasteiger partial charge is 0.456 e. The molecule has 330 valence electrons. The number of nitrogens with zero attached hydrogens (tertiary/aromatic N) is 4. The maximum absolute atomic E-state index is 6.58. The van der Waals surface area contributed by atoms with Gasteiger partial charge in [0.2, 0.25) is 0 Å². The van der Waals surface area contributed by atoms with Crippen LogP contribution in [0.25, 0.3) is 45.4 Å². The molecule has 0 spiro atoms. The monoisotopic (exact) mass is 880 g/mol. The SMILES string of the molecule is C=NC(=NC(C=c1/c(=C\C=C/C)oc2ccc(-c3ccc(N(c4cccc5c4-c4ccccc4C5(C)C)C4C=CC=C5Cc6ccccc6C54)cc3)cc12)=NCc1ccccc1)c1ccccc1. The van der Waals surface area contributed by atoms with Gasteiger partial charge in [0, 0.05) is 44.4 Å². The Morgan fingerprint density at radius 2 is 1.51 bits per heavy atom. The summed E-state index contributed by atoms with van der Waals surface area (Å²) in [5.74, 6) is 1.25.